The molecule has 2 bridgehead atoms. The molecule has 5 heteroatoms. The Morgan fingerprint density at radius 3 is 2.41 bits per heavy atom. The summed E-state index contributed by atoms with van der Waals surface area (Å²) in [4.78, 5) is 28.3. The minimum absolute atomic E-state index is 0.0380. The molecule has 0 aromatic rings. The van der Waals surface area contributed by atoms with Gasteiger partial charge < -0.3 is 5.11 Å². The third kappa shape index (κ3) is 1.14. The number of rotatable bonds is 2. The average Bonchev–Trinajstić information content (AvgIpc) is 2.53. The number of hydrogen-bond acceptors (Lipinski definition) is 5. The number of carbonyl (C=O) groups excluding carboxylic acids is 2. The Morgan fingerprint density at radius 2 is 1.88 bits per heavy atom. The van der Waals surface area contributed by atoms with Gasteiger partial charge in [0.05, 0.1) is 0 Å². The molecule has 2 saturated carbocycles. The molecule has 2 aliphatic rings. The summed E-state index contributed by atoms with van der Waals surface area (Å²) in [6, 6.07) is -0.685. The van der Waals surface area contributed by atoms with Crippen LogP contribution < -0.4 is 0 Å². The quantitative estimate of drug-likeness (QED) is 0.577. The van der Waals surface area contributed by atoms with E-state index in [0.29, 0.717) is 0 Å². The molecule has 92 valence electrons. The number of nitrogens with zero attached hydrogens (tertiary/aromatic N) is 2. The smallest absolute Gasteiger partial charge is 0.238 e. The third-order valence-electron chi connectivity index (χ3n) is 5.32. The molecule has 1 unspecified atom stereocenters. The van der Waals surface area contributed by atoms with Crippen LogP contribution in [0.15, 0.2) is 9.98 Å². The Kier molecular flexibility index (Phi) is 2.41. The van der Waals surface area contributed by atoms with E-state index in [0.717, 1.165) is 12.8 Å². The molecule has 0 spiro atoms. The number of fused-ring (bicyclic) bond motifs is 2. The Bertz CT molecular complexity index is 449. The van der Waals surface area contributed by atoms with Crippen LogP contribution in [0.2, 0.25) is 0 Å². The molecule has 2 fully saturated rings. The number of aliphatic hydroxyl groups is 1. The van der Waals surface area contributed by atoms with Crippen molar-refractivity contribution in [1.82, 2.24) is 0 Å². The zero-order valence-corrected chi connectivity index (χ0v) is 10.2. The Hall–Kier alpha value is -1.28. The van der Waals surface area contributed by atoms with E-state index in [2.05, 4.69) is 9.98 Å². The third-order valence-corrected chi connectivity index (χ3v) is 5.32. The Labute approximate surface area is 99.6 Å². The van der Waals surface area contributed by atoms with Crippen LogP contribution in [0.25, 0.3) is 0 Å². The second-order valence-electron chi connectivity index (χ2n) is 5.79. The fourth-order valence-electron chi connectivity index (χ4n) is 3.85. The van der Waals surface area contributed by atoms with Crippen molar-refractivity contribution in [3.8, 4) is 0 Å². The van der Waals surface area contributed by atoms with Crippen LogP contribution in [-0.4, -0.2) is 29.0 Å². The number of hydrogen-bond donors (Lipinski definition) is 1. The van der Waals surface area contributed by atoms with E-state index < -0.39 is 17.2 Å². The molecule has 1 N–H and O–H groups in total. The van der Waals surface area contributed by atoms with Gasteiger partial charge in [-0.2, -0.15) is 9.98 Å². The van der Waals surface area contributed by atoms with Gasteiger partial charge in [-0.15, -0.1) is 0 Å². The first-order valence-corrected chi connectivity index (χ1v) is 5.73. The molecule has 0 heterocycles. The molecule has 0 radical (unpaired) electrons. The minimum Gasteiger partial charge on any atom is -0.366 e. The summed E-state index contributed by atoms with van der Waals surface area (Å²) in [5.41, 5.74) is -2.42. The van der Waals surface area contributed by atoms with E-state index in [1.54, 1.807) is 0 Å². The van der Waals surface area contributed by atoms with Crippen LogP contribution in [0.1, 0.15) is 33.6 Å². The average molecular weight is 236 g/mol. The molecule has 2 rings (SSSR count). The SMILES string of the molecule is CC1(C)[C@H]2CC[C@@]1(C)[C@@](O)(N=C=O)C2N=C=O. The molecule has 2 aliphatic carbocycles. The summed E-state index contributed by atoms with van der Waals surface area (Å²) in [6.07, 6.45) is 4.54. The van der Waals surface area contributed by atoms with Gasteiger partial charge in [0.15, 0.2) is 5.72 Å². The summed E-state index contributed by atoms with van der Waals surface area (Å²) < 4.78 is 0. The summed E-state index contributed by atoms with van der Waals surface area (Å²) in [5, 5.41) is 10.7. The fraction of sp³-hybridized carbons (Fsp3) is 0.833. The second-order valence-corrected chi connectivity index (χ2v) is 5.79. The minimum atomic E-state index is -1.63. The van der Waals surface area contributed by atoms with Crippen LogP contribution in [-0.2, 0) is 9.59 Å². The van der Waals surface area contributed by atoms with Crippen molar-refractivity contribution in [1.29, 1.82) is 0 Å². The van der Waals surface area contributed by atoms with Gasteiger partial charge in [-0.25, -0.2) is 9.59 Å². The molecule has 0 aliphatic heterocycles. The highest BCUT2D eigenvalue weighted by atomic mass is 16.3. The van der Waals surface area contributed by atoms with Gasteiger partial charge >= 0.3 is 0 Å². The first-order valence-electron chi connectivity index (χ1n) is 5.73. The number of aliphatic imine (C=N–C) groups is 2. The summed E-state index contributed by atoms with van der Waals surface area (Å²) in [6.45, 7) is 5.95. The van der Waals surface area contributed by atoms with E-state index in [4.69, 9.17) is 0 Å². The maximum absolute atomic E-state index is 10.7. The van der Waals surface area contributed by atoms with Crippen molar-refractivity contribution in [2.75, 3.05) is 0 Å². The van der Waals surface area contributed by atoms with Gasteiger partial charge in [-0.1, -0.05) is 20.8 Å². The molecule has 0 aromatic carbocycles. The van der Waals surface area contributed by atoms with E-state index in [-0.39, 0.29) is 11.3 Å². The molecule has 5 nitrogen and oxygen atoms in total. The number of isocyanates is 2. The van der Waals surface area contributed by atoms with Crippen LogP contribution in [0.4, 0.5) is 0 Å². The molecular formula is C12H16N2O3. The molecule has 0 saturated heterocycles. The highest BCUT2D eigenvalue weighted by molar-refractivity contribution is 5.41. The van der Waals surface area contributed by atoms with Gasteiger partial charge in [0.25, 0.3) is 0 Å². The Balaban J connectivity index is 2.64. The van der Waals surface area contributed by atoms with Crippen LogP contribution >= 0.6 is 0 Å². The normalized spacial score (nSPS) is 46.1. The fourth-order valence-corrected chi connectivity index (χ4v) is 3.85. The van der Waals surface area contributed by atoms with Crippen molar-refractivity contribution in [3.05, 3.63) is 0 Å². The second kappa shape index (κ2) is 3.36. The predicted octanol–water partition coefficient (Wildman–Crippen LogP) is 1.17. The van der Waals surface area contributed by atoms with E-state index >= 15 is 0 Å². The highest BCUT2D eigenvalue weighted by Crippen LogP contribution is 2.70. The summed E-state index contributed by atoms with van der Waals surface area (Å²) in [5.74, 6) is 0.0380. The lowest BCUT2D eigenvalue weighted by Crippen LogP contribution is -2.51. The summed E-state index contributed by atoms with van der Waals surface area (Å²) >= 11 is 0. The lowest BCUT2D eigenvalue weighted by molar-refractivity contribution is -0.0903. The van der Waals surface area contributed by atoms with E-state index in [9.17, 15) is 14.7 Å². The monoisotopic (exact) mass is 236 g/mol. The lowest BCUT2D eigenvalue weighted by atomic mass is 9.67. The molecule has 17 heavy (non-hydrogen) atoms. The van der Waals surface area contributed by atoms with Crippen molar-refractivity contribution >= 4 is 12.2 Å². The van der Waals surface area contributed by atoms with Crippen molar-refractivity contribution in [2.45, 2.75) is 45.4 Å². The topological polar surface area (TPSA) is 79.1 Å². The standard InChI is InChI=1S/C12H16N2O3/c1-10(2)8-4-5-11(10,3)12(17,14-7-16)9(8)13-6-15/h8-9,17H,4-5H2,1-3H3/t8-,9?,11+,12+/m0/s1. The molecule has 4 atom stereocenters. The maximum Gasteiger partial charge on any atom is 0.238 e. The first-order chi connectivity index (χ1) is 7.85. The van der Waals surface area contributed by atoms with Crippen molar-refractivity contribution in [3.63, 3.8) is 0 Å². The van der Waals surface area contributed by atoms with Gasteiger partial charge in [0.2, 0.25) is 12.2 Å². The van der Waals surface area contributed by atoms with Crippen LogP contribution in [0.3, 0.4) is 0 Å². The van der Waals surface area contributed by atoms with Crippen molar-refractivity contribution in [2.24, 2.45) is 26.7 Å². The highest BCUT2D eigenvalue weighted by Gasteiger charge is 2.74. The van der Waals surface area contributed by atoms with E-state index in [1.807, 2.05) is 20.8 Å². The Morgan fingerprint density at radius 1 is 1.24 bits per heavy atom. The largest absolute Gasteiger partial charge is 0.366 e. The van der Waals surface area contributed by atoms with Gasteiger partial charge in [-0.3, -0.25) is 0 Å². The van der Waals surface area contributed by atoms with Gasteiger partial charge in [0, 0.05) is 5.41 Å². The molecule has 0 amide bonds. The molecular weight excluding hydrogens is 220 g/mol. The van der Waals surface area contributed by atoms with Gasteiger partial charge in [0.1, 0.15) is 6.04 Å². The lowest BCUT2D eigenvalue weighted by Gasteiger charge is -2.42. The van der Waals surface area contributed by atoms with Crippen LogP contribution in [0, 0.1) is 16.7 Å². The predicted molar refractivity (Wildman–Crippen MR) is 59.6 cm³/mol. The maximum atomic E-state index is 10.7. The van der Waals surface area contributed by atoms with Crippen LogP contribution in [0.5, 0.6) is 0 Å². The van der Waals surface area contributed by atoms with Crippen molar-refractivity contribution < 1.29 is 14.7 Å². The van der Waals surface area contributed by atoms with Gasteiger partial charge in [-0.05, 0) is 24.2 Å². The zero-order valence-electron chi connectivity index (χ0n) is 10.2. The first kappa shape index (κ1) is 12.2. The molecule has 0 aromatic heterocycles. The summed E-state index contributed by atoms with van der Waals surface area (Å²) in [7, 11) is 0. The van der Waals surface area contributed by atoms with E-state index in [1.165, 1.54) is 12.2 Å². The zero-order chi connectivity index (χ0) is 12.9.